The predicted molar refractivity (Wildman–Crippen MR) is 69.4 cm³/mol. The summed E-state index contributed by atoms with van der Waals surface area (Å²) in [5.74, 6) is -0.547. The van der Waals surface area contributed by atoms with Crippen molar-refractivity contribution in [3.05, 3.63) is 47.8 Å². The lowest BCUT2D eigenvalue weighted by Gasteiger charge is -2.07. The summed E-state index contributed by atoms with van der Waals surface area (Å²) in [6, 6.07) is 6.79. The molecule has 5 nitrogen and oxygen atoms in total. The van der Waals surface area contributed by atoms with Gasteiger partial charge in [0.15, 0.2) is 5.16 Å². The van der Waals surface area contributed by atoms with Crippen LogP contribution in [0, 0.1) is 0 Å². The molecule has 0 saturated carbocycles. The zero-order chi connectivity index (χ0) is 13.0. The van der Waals surface area contributed by atoms with Gasteiger partial charge in [-0.2, -0.15) is 0 Å². The van der Waals surface area contributed by atoms with Crippen LogP contribution < -0.4 is 5.73 Å². The van der Waals surface area contributed by atoms with Crippen LogP contribution in [-0.2, 0) is 5.75 Å². The summed E-state index contributed by atoms with van der Waals surface area (Å²) in [4.78, 5) is 19.3. The number of nitrogen functional groups attached to an aromatic ring is 1. The number of thioether (sulfide) groups is 1. The number of carbonyl (C=O) groups is 1. The zero-order valence-electron chi connectivity index (χ0n) is 9.41. The molecule has 0 amide bonds. The van der Waals surface area contributed by atoms with Gasteiger partial charge < -0.3 is 10.8 Å². The molecule has 92 valence electrons. The van der Waals surface area contributed by atoms with Crippen molar-refractivity contribution in [1.82, 2.24) is 9.97 Å². The number of anilines is 1. The molecule has 0 radical (unpaired) electrons. The van der Waals surface area contributed by atoms with Crippen molar-refractivity contribution in [3.8, 4) is 0 Å². The topological polar surface area (TPSA) is 89.1 Å². The highest BCUT2D eigenvalue weighted by Crippen LogP contribution is 2.24. The number of nitrogens with two attached hydrogens (primary N) is 1. The number of hydrogen-bond acceptors (Lipinski definition) is 5. The number of nitrogens with zero attached hydrogens (tertiary/aromatic N) is 2. The van der Waals surface area contributed by atoms with Crippen molar-refractivity contribution in [2.24, 2.45) is 0 Å². The molecule has 0 fully saturated rings. The third-order valence-corrected chi connectivity index (χ3v) is 3.22. The summed E-state index contributed by atoms with van der Waals surface area (Å²) in [5, 5.41) is 9.73. The van der Waals surface area contributed by atoms with E-state index in [0.29, 0.717) is 16.5 Å². The lowest BCUT2D eigenvalue weighted by atomic mass is 10.1. The van der Waals surface area contributed by atoms with Gasteiger partial charge in [-0.25, -0.2) is 14.8 Å². The Labute approximate surface area is 108 Å². The van der Waals surface area contributed by atoms with Gasteiger partial charge in [-0.1, -0.05) is 23.9 Å². The second kappa shape index (κ2) is 5.50. The number of aromatic nitrogens is 2. The first kappa shape index (κ1) is 12.4. The number of hydrogen-bond donors (Lipinski definition) is 2. The van der Waals surface area contributed by atoms with Gasteiger partial charge in [0, 0.05) is 23.8 Å². The van der Waals surface area contributed by atoms with Crippen LogP contribution in [0.3, 0.4) is 0 Å². The van der Waals surface area contributed by atoms with E-state index >= 15 is 0 Å². The molecular formula is C12H11N3O2S. The van der Waals surface area contributed by atoms with Gasteiger partial charge in [-0.05, 0) is 17.7 Å². The van der Waals surface area contributed by atoms with Gasteiger partial charge in [0.1, 0.15) is 0 Å². The van der Waals surface area contributed by atoms with Gasteiger partial charge >= 0.3 is 5.97 Å². The van der Waals surface area contributed by atoms with Gasteiger partial charge in [0.05, 0.1) is 5.56 Å². The summed E-state index contributed by atoms with van der Waals surface area (Å²) < 4.78 is 0. The van der Waals surface area contributed by atoms with Gasteiger partial charge in [-0.3, -0.25) is 0 Å². The SMILES string of the molecule is Nc1cccc(CSc2ncccn2)c1C(=O)O. The Morgan fingerprint density at radius 3 is 2.67 bits per heavy atom. The van der Waals surface area contributed by atoms with Crippen LogP contribution in [-0.4, -0.2) is 21.0 Å². The van der Waals surface area contributed by atoms with Crippen molar-refractivity contribution in [2.75, 3.05) is 5.73 Å². The van der Waals surface area contributed by atoms with Gasteiger partial charge in [-0.15, -0.1) is 0 Å². The van der Waals surface area contributed by atoms with E-state index in [0.717, 1.165) is 0 Å². The fourth-order valence-corrected chi connectivity index (χ4v) is 2.30. The van der Waals surface area contributed by atoms with Crippen LogP contribution in [0.25, 0.3) is 0 Å². The molecule has 2 rings (SSSR count). The lowest BCUT2D eigenvalue weighted by molar-refractivity contribution is 0.0697. The van der Waals surface area contributed by atoms with Crippen molar-refractivity contribution >= 4 is 23.4 Å². The molecule has 1 aromatic heterocycles. The molecule has 18 heavy (non-hydrogen) atoms. The predicted octanol–water partition coefficient (Wildman–Crippen LogP) is 2.05. The molecule has 0 aliphatic heterocycles. The van der Waals surface area contributed by atoms with E-state index < -0.39 is 5.97 Å². The van der Waals surface area contributed by atoms with Crippen LogP contribution in [0.4, 0.5) is 5.69 Å². The molecule has 6 heteroatoms. The maximum Gasteiger partial charge on any atom is 0.338 e. The minimum atomic E-state index is -1.02. The van der Waals surface area contributed by atoms with Crippen molar-refractivity contribution in [3.63, 3.8) is 0 Å². The maximum absolute atomic E-state index is 11.1. The van der Waals surface area contributed by atoms with Crippen LogP contribution in [0.5, 0.6) is 0 Å². The first-order valence-electron chi connectivity index (χ1n) is 5.19. The zero-order valence-corrected chi connectivity index (χ0v) is 10.2. The van der Waals surface area contributed by atoms with Crippen LogP contribution in [0.15, 0.2) is 41.8 Å². The molecule has 0 aliphatic rings. The Hall–Kier alpha value is -2.08. The van der Waals surface area contributed by atoms with E-state index in [1.165, 1.54) is 11.8 Å². The highest BCUT2D eigenvalue weighted by atomic mass is 32.2. The Morgan fingerprint density at radius 2 is 2.00 bits per heavy atom. The highest BCUT2D eigenvalue weighted by Gasteiger charge is 2.13. The van der Waals surface area contributed by atoms with E-state index in [1.807, 2.05) is 0 Å². The van der Waals surface area contributed by atoms with Crippen LogP contribution in [0.2, 0.25) is 0 Å². The van der Waals surface area contributed by atoms with Crippen LogP contribution in [0.1, 0.15) is 15.9 Å². The molecule has 0 spiro atoms. The van der Waals surface area contributed by atoms with E-state index in [-0.39, 0.29) is 11.3 Å². The highest BCUT2D eigenvalue weighted by molar-refractivity contribution is 7.98. The van der Waals surface area contributed by atoms with Crippen molar-refractivity contribution < 1.29 is 9.90 Å². The third-order valence-electron chi connectivity index (χ3n) is 2.30. The first-order chi connectivity index (χ1) is 8.68. The minimum Gasteiger partial charge on any atom is -0.478 e. The maximum atomic E-state index is 11.1. The Kier molecular flexibility index (Phi) is 3.78. The summed E-state index contributed by atoms with van der Waals surface area (Å²) in [7, 11) is 0. The third kappa shape index (κ3) is 2.78. The number of benzene rings is 1. The summed E-state index contributed by atoms with van der Waals surface area (Å²) >= 11 is 1.37. The Morgan fingerprint density at radius 1 is 1.28 bits per heavy atom. The number of rotatable bonds is 4. The number of carboxylic acid groups (broad SMARTS) is 1. The summed E-state index contributed by atoms with van der Waals surface area (Å²) in [6.45, 7) is 0. The Bertz CT molecular complexity index is 561. The normalized spacial score (nSPS) is 10.2. The second-order valence-corrected chi connectivity index (χ2v) is 4.45. The van der Waals surface area contributed by atoms with Crippen molar-refractivity contribution in [2.45, 2.75) is 10.9 Å². The molecule has 0 saturated heterocycles. The summed E-state index contributed by atoms with van der Waals surface area (Å²) in [5.41, 5.74) is 6.76. The molecule has 0 unspecified atom stereocenters. The average molecular weight is 261 g/mol. The van der Waals surface area contributed by atoms with E-state index in [2.05, 4.69) is 9.97 Å². The standard InChI is InChI=1S/C12H11N3O2S/c13-9-4-1-3-8(10(9)11(16)17)7-18-12-14-5-2-6-15-12/h1-6H,7,13H2,(H,16,17). The molecule has 3 N–H and O–H groups in total. The quantitative estimate of drug-likeness (QED) is 0.497. The van der Waals surface area contributed by atoms with Gasteiger partial charge in [0.25, 0.3) is 0 Å². The first-order valence-corrected chi connectivity index (χ1v) is 6.17. The molecule has 2 aromatic rings. The second-order valence-electron chi connectivity index (χ2n) is 3.51. The Balaban J connectivity index is 2.20. The number of carboxylic acids is 1. The lowest BCUT2D eigenvalue weighted by Crippen LogP contribution is -2.06. The molecule has 1 aromatic carbocycles. The monoisotopic (exact) mass is 261 g/mol. The molecule has 0 atom stereocenters. The summed E-state index contributed by atoms with van der Waals surface area (Å²) in [6.07, 6.45) is 3.29. The molecule has 1 heterocycles. The smallest absolute Gasteiger partial charge is 0.338 e. The molecular weight excluding hydrogens is 250 g/mol. The molecule has 0 aliphatic carbocycles. The van der Waals surface area contributed by atoms with E-state index in [4.69, 9.17) is 10.8 Å². The fraction of sp³-hybridized carbons (Fsp3) is 0.0833. The van der Waals surface area contributed by atoms with Crippen molar-refractivity contribution in [1.29, 1.82) is 0 Å². The van der Waals surface area contributed by atoms with Gasteiger partial charge in [0.2, 0.25) is 0 Å². The van der Waals surface area contributed by atoms with Crippen LogP contribution >= 0.6 is 11.8 Å². The fourth-order valence-electron chi connectivity index (χ4n) is 1.50. The van der Waals surface area contributed by atoms with E-state index in [1.54, 1.807) is 36.7 Å². The minimum absolute atomic E-state index is 0.154. The van der Waals surface area contributed by atoms with E-state index in [9.17, 15) is 4.79 Å². The molecule has 0 bridgehead atoms. The average Bonchev–Trinajstić information content (AvgIpc) is 2.37. The largest absolute Gasteiger partial charge is 0.478 e. The number of aromatic carboxylic acids is 1.